The standard InChI is InChI=1S/C23H25F4N3O4S/c1-2-35(32,33)28-19-8-3-16(15-20(19)34-23(25,26)27)21(31)29-11-13-30(14-12-29)22(9-10-22)17-4-6-18(24)7-5-17/h3-8,15,28H,2,9-14H2,1H3. The Hall–Kier alpha value is -2.86. The van der Waals surface area contributed by atoms with Crippen LogP contribution >= 0.6 is 0 Å². The van der Waals surface area contributed by atoms with Crippen LogP contribution in [0.5, 0.6) is 5.75 Å². The number of sulfonamides is 1. The number of alkyl halides is 3. The molecule has 2 aromatic carbocycles. The molecule has 1 amide bonds. The third kappa shape index (κ3) is 5.69. The molecule has 7 nitrogen and oxygen atoms in total. The molecule has 1 aliphatic carbocycles. The summed E-state index contributed by atoms with van der Waals surface area (Å²) in [6.45, 7) is 3.18. The summed E-state index contributed by atoms with van der Waals surface area (Å²) in [7, 11) is -3.86. The lowest BCUT2D eigenvalue weighted by Gasteiger charge is -2.40. The van der Waals surface area contributed by atoms with Gasteiger partial charge in [-0.05, 0) is 55.7 Å². The van der Waals surface area contributed by atoms with Gasteiger partial charge in [0, 0.05) is 37.3 Å². The fraction of sp³-hybridized carbons (Fsp3) is 0.435. The first-order valence-electron chi connectivity index (χ1n) is 11.1. The number of hydrogen-bond donors (Lipinski definition) is 1. The SMILES string of the molecule is CCS(=O)(=O)Nc1ccc(C(=O)N2CCN(C3(c4ccc(F)cc4)CC3)CC2)cc1OC(F)(F)F. The lowest BCUT2D eigenvalue weighted by Crippen LogP contribution is -2.52. The van der Waals surface area contributed by atoms with E-state index in [1.165, 1.54) is 25.1 Å². The van der Waals surface area contributed by atoms with Crippen LogP contribution in [0.3, 0.4) is 0 Å². The average Bonchev–Trinajstić information content (AvgIpc) is 3.61. The molecular weight excluding hydrogens is 490 g/mol. The first kappa shape index (κ1) is 25.2. The van der Waals surface area contributed by atoms with Crippen LogP contribution in [0.4, 0.5) is 23.2 Å². The Morgan fingerprint density at radius 3 is 2.23 bits per heavy atom. The Kier molecular flexibility index (Phi) is 6.71. The molecule has 2 fully saturated rings. The highest BCUT2D eigenvalue weighted by molar-refractivity contribution is 7.92. The maximum atomic E-state index is 13.3. The summed E-state index contributed by atoms with van der Waals surface area (Å²) in [5, 5.41) is 0. The number of amides is 1. The van der Waals surface area contributed by atoms with Gasteiger partial charge in [0.25, 0.3) is 5.91 Å². The predicted molar refractivity (Wildman–Crippen MR) is 121 cm³/mol. The Morgan fingerprint density at radius 1 is 1.06 bits per heavy atom. The van der Waals surface area contributed by atoms with Gasteiger partial charge in [-0.3, -0.25) is 14.4 Å². The van der Waals surface area contributed by atoms with Crippen molar-refractivity contribution in [3.05, 3.63) is 59.4 Å². The molecule has 0 atom stereocenters. The zero-order chi connectivity index (χ0) is 25.4. The number of piperazine rings is 1. The zero-order valence-electron chi connectivity index (χ0n) is 18.9. The Bertz CT molecular complexity index is 1190. The summed E-state index contributed by atoms with van der Waals surface area (Å²) >= 11 is 0. The molecule has 0 bridgehead atoms. The summed E-state index contributed by atoms with van der Waals surface area (Å²) in [6, 6.07) is 9.67. The number of carbonyl (C=O) groups is 1. The molecule has 1 saturated carbocycles. The van der Waals surface area contributed by atoms with Crippen LogP contribution in [0, 0.1) is 5.82 Å². The van der Waals surface area contributed by atoms with E-state index in [-0.39, 0.29) is 22.7 Å². The van der Waals surface area contributed by atoms with E-state index in [0.717, 1.165) is 30.5 Å². The lowest BCUT2D eigenvalue weighted by atomic mass is 10.0. The van der Waals surface area contributed by atoms with Crippen LogP contribution in [-0.2, 0) is 15.6 Å². The second kappa shape index (κ2) is 9.30. The summed E-state index contributed by atoms with van der Waals surface area (Å²) in [5.74, 6) is -1.93. The maximum absolute atomic E-state index is 13.3. The van der Waals surface area contributed by atoms with E-state index in [0.29, 0.717) is 26.2 Å². The number of hydrogen-bond acceptors (Lipinski definition) is 5. The molecule has 1 aliphatic heterocycles. The van der Waals surface area contributed by atoms with Gasteiger partial charge in [0.2, 0.25) is 10.0 Å². The topological polar surface area (TPSA) is 79.0 Å². The zero-order valence-corrected chi connectivity index (χ0v) is 19.8. The number of ether oxygens (including phenoxy) is 1. The van der Waals surface area contributed by atoms with Crippen LogP contribution in [0.15, 0.2) is 42.5 Å². The molecule has 1 heterocycles. The minimum atomic E-state index is -5.07. The summed E-state index contributed by atoms with van der Waals surface area (Å²) in [6.07, 6.45) is -3.21. The van der Waals surface area contributed by atoms with Crippen molar-refractivity contribution >= 4 is 21.6 Å². The van der Waals surface area contributed by atoms with Crippen LogP contribution in [0.25, 0.3) is 0 Å². The van der Waals surface area contributed by atoms with E-state index in [4.69, 9.17) is 0 Å². The number of nitrogens with zero attached hydrogens (tertiary/aromatic N) is 2. The van der Waals surface area contributed by atoms with Crippen molar-refractivity contribution in [1.29, 1.82) is 0 Å². The maximum Gasteiger partial charge on any atom is 0.573 e. The van der Waals surface area contributed by atoms with E-state index in [2.05, 4.69) is 9.64 Å². The molecule has 0 spiro atoms. The summed E-state index contributed by atoms with van der Waals surface area (Å²) in [4.78, 5) is 16.8. The lowest BCUT2D eigenvalue weighted by molar-refractivity contribution is -0.274. The van der Waals surface area contributed by atoms with E-state index in [1.54, 1.807) is 17.0 Å². The molecule has 4 rings (SSSR count). The molecule has 0 aromatic heterocycles. The number of carbonyl (C=O) groups excluding carboxylic acids is 1. The number of anilines is 1. The highest BCUT2D eigenvalue weighted by Crippen LogP contribution is 2.51. The predicted octanol–water partition coefficient (Wildman–Crippen LogP) is 3.93. The molecule has 1 saturated heterocycles. The van der Waals surface area contributed by atoms with Gasteiger partial charge in [-0.1, -0.05) is 12.1 Å². The molecule has 12 heteroatoms. The molecule has 0 unspecified atom stereocenters. The van der Waals surface area contributed by atoms with E-state index in [9.17, 15) is 30.8 Å². The number of benzene rings is 2. The van der Waals surface area contributed by atoms with Crippen molar-refractivity contribution in [1.82, 2.24) is 9.80 Å². The Labute approximate surface area is 200 Å². The third-order valence-electron chi connectivity index (χ3n) is 6.38. The van der Waals surface area contributed by atoms with E-state index < -0.39 is 33.7 Å². The van der Waals surface area contributed by atoms with Crippen molar-refractivity contribution in [3.8, 4) is 5.75 Å². The van der Waals surface area contributed by atoms with Crippen LogP contribution in [-0.4, -0.2) is 62.4 Å². The van der Waals surface area contributed by atoms with Crippen molar-refractivity contribution in [2.24, 2.45) is 0 Å². The third-order valence-corrected chi connectivity index (χ3v) is 7.67. The molecule has 0 radical (unpaired) electrons. The second-order valence-corrected chi connectivity index (χ2v) is 10.6. The highest BCUT2D eigenvalue weighted by Gasteiger charge is 2.50. The highest BCUT2D eigenvalue weighted by atomic mass is 32.2. The Balaban J connectivity index is 1.48. The van der Waals surface area contributed by atoms with Gasteiger partial charge in [0.05, 0.1) is 11.4 Å². The van der Waals surface area contributed by atoms with Gasteiger partial charge in [-0.25, -0.2) is 12.8 Å². The molecule has 2 aromatic rings. The van der Waals surface area contributed by atoms with Gasteiger partial charge >= 0.3 is 6.36 Å². The normalized spacial score (nSPS) is 18.3. The van der Waals surface area contributed by atoms with E-state index >= 15 is 0 Å². The number of rotatable bonds is 7. The van der Waals surface area contributed by atoms with Crippen molar-refractivity contribution in [2.75, 3.05) is 36.7 Å². The average molecular weight is 516 g/mol. The quantitative estimate of drug-likeness (QED) is 0.566. The second-order valence-electron chi connectivity index (χ2n) is 8.58. The number of halogens is 4. The number of nitrogens with one attached hydrogen (secondary N) is 1. The fourth-order valence-corrected chi connectivity index (χ4v) is 5.02. The van der Waals surface area contributed by atoms with Crippen LogP contribution < -0.4 is 9.46 Å². The smallest absolute Gasteiger partial charge is 0.404 e. The minimum absolute atomic E-state index is 0.0446. The minimum Gasteiger partial charge on any atom is -0.404 e. The van der Waals surface area contributed by atoms with Crippen LogP contribution in [0.1, 0.15) is 35.7 Å². The summed E-state index contributed by atoms with van der Waals surface area (Å²) in [5.41, 5.74) is 0.407. The summed E-state index contributed by atoms with van der Waals surface area (Å²) < 4.78 is 81.8. The molecule has 35 heavy (non-hydrogen) atoms. The van der Waals surface area contributed by atoms with Crippen molar-refractivity contribution in [2.45, 2.75) is 31.7 Å². The first-order valence-corrected chi connectivity index (χ1v) is 12.8. The van der Waals surface area contributed by atoms with Gasteiger partial charge in [0.15, 0.2) is 5.75 Å². The molecule has 1 N–H and O–H groups in total. The molecular formula is C23H25F4N3O4S. The van der Waals surface area contributed by atoms with Crippen molar-refractivity contribution in [3.63, 3.8) is 0 Å². The first-order chi connectivity index (χ1) is 16.4. The van der Waals surface area contributed by atoms with Gasteiger partial charge < -0.3 is 9.64 Å². The van der Waals surface area contributed by atoms with Gasteiger partial charge in [-0.2, -0.15) is 0 Å². The monoisotopic (exact) mass is 515 g/mol. The van der Waals surface area contributed by atoms with Gasteiger partial charge in [0.1, 0.15) is 5.82 Å². The van der Waals surface area contributed by atoms with E-state index in [1.807, 2.05) is 4.72 Å². The van der Waals surface area contributed by atoms with Crippen molar-refractivity contribution < 1.29 is 35.5 Å². The Morgan fingerprint density at radius 2 is 1.69 bits per heavy atom. The van der Waals surface area contributed by atoms with Crippen LogP contribution in [0.2, 0.25) is 0 Å². The fourth-order valence-electron chi connectivity index (χ4n) is 4.37. The largest absolute Gasteiger partial charge is 0.573 e. The molecule has 190 valence electrons. The molecule has 2 aliphatic rings. The van der Waals surface area contributed by atoms with Gasteiger partial charge in [-0.15, -0.1) is 13.2 Å².